The number of carbonyl (C=O) groups is 1. The number of nitrogens with one attached hydrogen (secondary N) is 1. The summed E-state index contributed by atoms with van der Waals surface area (Å²) < 4.78 is 6.83. The standard InChI is InChI=1S/C20H12BrClN2O2S/c21-13-3-1-2-12(10-13)17-9-8-16(26-17)11-18-19(25)24-20(27-18)23-15-6-4-14(22)5-7-15/h1-11H,(H,23,24,25)/b18-11+. The summed E-state index contributed by atoms with van der Waals surface area (Å²) in [5, 5.41) is 3.92. The van der Waals surface area contributed by atoms with Crippen LogP contribution in [0, 0.1) is 0 Å². The van der Waals surface area contributed by atoms with Crippen LogP contribution in [0.1, 0.15) is 5.76 Å². The number of hydrogen-bond acceptors (Lipinski definition) is 4. The number of halogens is 2. The zero-order valence-corrected chi connectivity index (χ0v) is 16.9. The minimum Gasteiger partial charge on any atom is -0.457 e. The number of nitrogens with zero attached hydrogens (tertiary/aromatic N) is 1. The van der Waals surface area contributed by atoms with Gasteiger partial charge in [0.2, 0.25) is 0 Å². The van der Waals surface area contributed by atoms with Gasteiger partial charge in [-0.25, -0.2) is 4.99 Å². The molecule has 3 aromatic rings. The Morgan fingerprint density at radius 1 is 1.11 bits per heavy atom. The first-order valence-electron chi connectivity index (χ1n) is 7.98. The maximum absolute atomic E-state index is 12.2. The molecule has 4 rings (SSSR count). The van der Waals surface area contributed by atoms with Crippen molar-refractivity contribution in [3.63, 3.8) is 0 Å². The smallest absolute Gasteiger partial charge is 0.264 e. The highest BCUT2D eigenvalue weighted by atomic mass is 79.9. The van der Waals surface area contributed by atoms with E-state index in [9.17, 15) is 4.79 Å². The van der Waals surface area contributed by atoms with Gasteiger partial charge < -0.3 is 9.73 Å². The van der Waals surface area contributed by atoms with Crippen LogP contribution >= 0.6 is 39.3 Å². The minimum absolute atomic E-state index is 0.201. The second-order valence-electron chi connectivity index (χ2n) is 5.67. The van der Waals surface area contributed by atoms with E-state index in [1.165, 1.54) is 11.8 Å². The van der Waals surface area contributed by atoms with Gasteiger partial charge in [0, 0.05) is 21.1 Å². The highest BCUT2D eigenvalue weighted by Gasteiger charge is 2.24. The van der Waals surface area contributed by atoms with Crippen LogP contribution in [0.2, 0.25) is 5.02 Å². The highest BCUT2D eigenvalue weighted by Crippen LogP contribution is 2.30. The topological polar surface area (TPSA) is 54.6 Å². The number of thioether (sulfide) groups is 1. The molecule has 0 radical (unpaired) electrons. The Morgan fingerprint density at radius 3 is 2.70 bits per heavy atom. The third-order valence-electron chi connectivity index (χ3n) is 3.72. The molecule has 1 aliphatic rings. The number of aliphatic imine (C=N–C) groups is 1. The van der Waals surface area contributed by atoms with Crippen LogP contribution in [0.15, 0.2) is 79.5 Å². The summed E-state index contributed by atoms with van der Waals surface area (Å²) in [4.78, 5) is 17.1. The van der Waals surface area contributed by atoms with Crippen molar-refractivity contribution in [2.24, 2.45) is 4.99 Å². The number of benzene rings is 2. The molecular formula is C20H12BrClN2O2S. The van der Waals surface area contributed by atoms with Gasteiger partial charge in [0.25, 0.3) is 5.91 Å². The molecule has 0 unspecified atom stereocenters. The van der Waals surface area contributed by atoms with Crippen molar-refractivity contribution in [1.82, 2.24) is 5.32 Å². The van der Waals surface area contributed by atoms with Gasteiger partial charge >= 0.3 is 0 Å². The molecule has 7 heteroatoms. The Balaban J connectivity index is 1.54. The highest BCUT2D eigenvalue weighted by molar-refractivity contribution is 9.10. The number of hydrogen-bond donors (Lipinski definition) is 1. The van der Waals surface area contributed by atoms with E-state index in [4.69, 9.17) is 16.0 Å². The number of rotatable bonds is 3. The lowest BCUT2D eigenvalue weighted by atomic mass is 10.2. The van der Waals surface area contributed by atoms with Gasteiger partial charge in [-0.15, -0.1) is 0 Å². The van der Waals surface area contributed by atoms with Gasteiger partial charge in [-0.05, 0) is 60.3 Å². The summed E-state index contributed by atoms with van der Waals surface area (Å²) in [5.41, 5.74) is 1.68. The lowest BCUT2D eigenvalue weighted by Gasteiger charge is -1.97. The molecule has 1 amide bonds. The Labute approximate surface area is 173 Å². The summed E-state index contributed by atoms with van der Waals surface area (Å²) in [5.74, 6) is 1.14. The van der Waals surface area contributed by atoms with E-state index < -0.39 is 0 Å². The van der Waals surface area contributed by atoms with Gasteiger partial charge in [0.1, 0.15) is 11.5 Å². The number of amides is 1. The summed E-state index contributed by atoms with van der Waals surface area (Å²) in [6.45, 7) is 0. The Kier molecular flexibility index (Phi) is 5.20. The number of carbonyl (C=O) groups excluding carboxylic acids is 1. The molecule has 134 valence electrons. The van der Waals surface area contributed by atoms with Crippen molar-refractivity contribution < 1.29 is 9.21 Å². The molecular weight excluding hydrogens is 448 g/mol. The van der Waals surface area contributed by atoms with Crippen molar-refractivity contribution in [3.8, 4) is 11.3 Å². The quantitative estimate of drug-likeness (QED) is 0.471. The second-order valence-corrected chi connectivity index (χ2v) is 8.05. The van der Waals surface area contributed by atoms with Crippen LogP contribution in [0.5, 0.6) is 0 Å². The molecule has 2 aromatic carbocycles. The first-order chi connectivity index (χ1) is 13.1. The molecule has 1 aliphatic heterocycles. The van der Waals surface area contributed by atoms with Gasteiger partial charge in [-0.1, -0.05) is 39.7 Å². The monoisotopic (exact) mass is 458 g/mol. The van der Waals surface area contributed by atoms with Crippen LogP contribution in [0.25, 0.3) is 17.4 Å². The van der Waals surface area contributed by atoms with Crippen LogP contribution in [0.3, 0.4) is 0 Å². The Hall–Kier alpha value is -2.28. The average Bonchev–Trinajstić information content (AvgIpc) is 3.24. The summed E-state index contributed by atoms with van der Waals surface area (Å²) in [6, 6.07) is 18.7. The van der Waals surface area contributed by atoms with Crippen LogP contribution in [-0.2, 0) is 4.79 Å². The van der Waals surface area contributed by atoms with E-state index in [1.54, 1.807) is 30.3 Å². The molecule has 4 nitrogen and oxygen atoms in total. The Bertz CT molecular complexity index is 1070. The van der Waals surface area contributed by atoms with E-state index in [-0.39, 0.29) is 5.91 Å². The molecule has 0 atom stereocenters. The third-order valence-corrected chi connectivity index (χ3v) is 5.37. The van der Waals surface area contributed by atoms with Crippen LogP contribution in [-0.4, -0.2) is 11.1 Å². The third kappa shape index (κ3) is 4.35. The second kappa shape index (κ2) is 7.76. The maximum atomic E-state index is 12.2. The van der Waals surface area contributed by atoms with Gasteiger partial charge in [-0.2, -0.15) is 0 Å². The van der Waals surface area contributed by atoms with E-state index in [0.717, 1.165) is 21.5 Å². The first kappa shape index (κ1) is 18.1. The molecule has 0 saturated carbocycles. The largest absolute Gasteiger partial charge is 0.457 e. The fraction of sp³-hybridized carbons (Fsp3) is 0. The zero-order chi connectivity index (χ0) is 18.8. The molecule has 0 bridgehead atoms. The summed E-state index contributed by atoms with van der Waals surface area (Å²) in [7, 11) is 0. The predicted octanol–water partition coefficient (Wildman–Crippen LogP) is 6.25. The average molecular weight is 460 g/mol. The molecule has 1 N–H and O–H groups in total. The van der Waals surface area contributed by atoms with Gasteiger partial charge in [0.15, 0.2) is 5.17 Å². The van der Waals surface area contributed by atoms with Crippen molar-refractivity contribution >= 4 is 62.1 Å². The molecule has 1 aromatic heterocycles. The number of amidine groups is 1. The number of furan rings is 1. The SMILES string of the molecule is O=C1NC(=Nc2ccc(Cl)cc2)S/C1=C/c1ccc(-c2cccc(Br)c2)o1. The lowest BCUT2D eigenvalue weighted by molar-refractivity contribution is -0.115. The summed E-state index contributed by atoms with van der Waals surface area (Å²) >= 11 is 10.6. The molecule has 27 heavy (non-hydrogen) atoms. The molecule has 0 aliphatic carbocycles. The predicted molar refractivity (Wildman–Crippen MR) is 114 cm³/mol. The van der Waals surface area contributed by atoms with Crippen molar-refractivity contribution in [3.05, 3.63) is 80.8 Å². The van der Waals surface area contributed by atoms with Crippen molar-refractivity contribution in [2.75, 3.05) is 0 Å². The van der Waals surface area contributed by atoms with E-state index in [1.807, 2.05) is 36.4 Å². The normalized spacial score (nSPS) is 16.9. The minimum atomic E-state index is -0.201. The maximum Gasteiger partial charge on any atom is 0.264 e. The van der Waals surface area contributed by atoms with Gasteiger partial charge in [-0.3, -0.25) is 4.79 Å². The lowest BCUT2D eigenvalue weighted by Crippen LogP contribution is -2.19. The van der Waals surface area contributed by atoms with Crippen LogP contribution in [0.4, 0.5) is 5.69 Å². The summed E-state index contributed by atoms with van der Waals surface area (Å²) in [6.07, 6.45) is 1.71. The molecule has 0 spiro atoms. The van der Waals surface area contributed by atoms with Crippen molar-refractivity contribution in [1.29, 1.82) is 0 Å². The van der Waals surface area contributed by atoms with Gasteiger partial charge in [0.05, 0.1) is 10.6 Å². The first-order valence-corrected chi connectivity index (χ1v) is 9.96. The van der Waals surface area contributed by atoms with Crippen molar-refractivity contribution in [2.45, 2.75) is 0 Å². The molecule has 2 heterocycles. The van der Waals surface area contributed by atoms with E-state index in [2.05, 4.69) is 26.2 Å². The fourth-order valence-electron chi connectivity index (χ4n) is 2.47. The van der Waals surface area contributed by atoms with Crippen LogP contribution < -0.4 is 5.32 Å². The fourth-order valence-corrected chi connectivity index (χ4v) is 3.82. The molecule has 1 saturated heterocycles. The molecule has 1 fully saturated rings. The van der Waals surface area contributed by atoms with E-state index in [0.29, 0.717) is 20.9 Å². The van der Waals surface area contributed by atoms with E-state index >= 15 is 0 Å². The zero-order valence-electron chi connectivity index (χ0n) is 13.8. The Morgan fingerprint density at radius 2 is 1.93 bits per heavy atom.